The molecule has 1 aromatic heterocycles. The summed E-state index contributed by atoms with van der Waals surface area (Å²) in [6, 6.07) is 2.98. The van der Waals surface area contributed by atoms with Gasteiger partial charge in [0.15, 0.2) is 0 Å². The van der Waals surface area contributed by atoms with Gasteiger partial charge in [0.25, 0.3) is 5.56 Å². The fourth-order valence-corrected chi connectivity index (χ4v) is 1.25. The summed E-state index contributed by atoms with van der Waals surface area (Å²) in [6.07, 6.45) is 2.42. The summed E-state index contributed by atoms with van der Waals surface area (Å²) < 4.78 is 1.44. The molecular weight excluding hydrogens is 176 g/mol. The van der Waals surface area contributed by atoms with Gasteiger partial charge in [0.05, 0.1) is 0 Å². The predicted octanol–water partition coefficient (Wildman–Crippen LogP) is 1.31. The zero-order valence-corrected chi connectivity index (χ0v) is 7.29. The van der Waals surface area contributed by atoms with Crippen molar-refractivity contribution in [3.05, 3.63) is 27.6 Å². The summed E-state index contributed by atoms with van der Waals surface area (Å²) in [4.78, 5) is 11.2. The number of nitrogens with zero attached hydrogens (tertiary/aromatic N) is 2. The van der Waals surface area contributed by atoms with Crippen LogP contribution in [0, 0.1) is 5.92 Å². The van der Waals surface area contributed by atoms with Crippen molar-refractivity contribution in [2.75, 3.05) is 0 Å². The maximum atomic E-state index is 11.2. The molecule has 1 heterocycles. The van der Waals surface area contributed by atoms with Crippen LogP contribution in [0.1, 0.15) is 12.8 Å². The van der Waals surface area contributed by atoms with Gasteiger partial charge in [0.1, 0.15) is 5.15 Å². The summed E-state index contributed by atoms with van der Waals surface area (Å²) in [6.45, 7) is 0.722. The van der Waals surface area contributed by atoms with Gasteiger partial charge in [0, 0.05) is 12.6 Å². The third-order valence-electron chi connectivity index (χ3n) is 1.96. The lowest BCUT2D eigenvalue weighted by molar-refractivity contribution is 0.534. The zero-order chi connectivity index (χ0) is 8.55. The Hall–Kier alpha value is -0.830. The molecule has 0 spiro atoms. The molecule has 0 atom stereocenters. The molecule has 12 heavy (non-hydrogen) atoms. The quantitative estimate of drug-likeness (QED) is 0.695. The van der Waals surface area contributed by atoms with Crippen LogP contribution in [0.25, 0.3) is 0 Å². The van der Waals surface area contributed by atoms with Crippen LogP contribution in [0.3, 0.4) is 0 Å². The standard InChI is InChI=1S/C8H9ClN2O/c9-7-3-4-8(12)11(10-7)5-6-1-2-6/h3-4,6H,1-2,5H2. The van der Waals surface area contributed by atoms with Gasteiger partial charge in [-0.25, -0.2) is 4.68 Å². The van der Waals surface area contributed by atoms with Gasteiger partial charge in [-0.05, 0) is 24.8 Å². The summed E-state index contributed by atoms with van der Waals surface area (Å²) in [5, 5.41) is 4.31. The average Bonchev–Trinajstić information content (AvgIpc) is 2.81. The van der Waals surface area contributed by atoms with Crippen LogP contribution >= 0.6 is 11.6 Å². The van der Waals surface area contributed by atoms with Gasteiger partial charge in [-0.3, -0.25) is 4.79 Å². The smallest absolute Gasteiger partial charge is 0.266 e. The lowest BCUT2D eigenvalue weighted by Gasteiger charge is -2.01. The lowest BCUT2D eigenvalue weighted by Crippen LogP contribution is -2.22. The highest BCUT2D eigenvalue weighted by Crippen LogP contribution is 2.29. The minimum Gasteiger partial charge on any atom is -0.268 e. The highest BCUT2D eigenvalue weighted by atomic mass is 35.5. The monoisotopic (exact) mass is 184 g/mol. The Morgan fingerprint density at radius 2 is 2.33 bits per heavy atom. The van der Waals surface area contributed by atoms with E-state index in [0.717, 1.165) is 6.54 Å². The molecule has 0 saturated heterocycles. The summed E-state index contributed by atoms with van der Waals surface area (Å²) in [7, 11) is 0. The second-order valence-corrected chi connectivity index (χ2v) is 3.51. The van der Waals surface area contributed by atoms with Gasteiger partial charge < -0.3 is 0 Å². The second-order valence-electron chi connectivity index (χ2n) is 3.12. The van der Waals surface area contributed by atoms with E-state index in [9.17, 15) is 4.79 Å². The van der Waals surface area contributed by atoms with Crippen LogP contribution in [0.5, 0.6) is 0 Å². The zero-order valence-electron chi connectivity index (χ0n) is 6.53. The van der Waals surface area contributed by atoms with E-state index in [1.807, 2.05) is 0 Å². The van der Waals surface area contributed by atoms with Crippen LogP contribution in [0.15, 0.2) is 16.9 Å². The molecule has 1 aliphatic carbocycles. The fraction of sp³-hybridized carbons (Fsp3) is 0.500. The average molecular weight is 185 g/mol. The van der Waals surface area contributed by atoms with Gasteiger partial charge in [-0.15, -0.1) is 0 Å². The van der Waals surface area contributed by atoms with Gasteiger partial charge in [-0.2, -0.15) is 5.10 Å². The molecule has 0 bridgehead atoms. The fourth-order valence-electron chi connectivity index (χ4n) is 1.10. The van der Waals surface area contributed by atoms with Crippen LogP contribution < -0.4 is 5.56 Å². The first kappa shape index (κ1) is 7.80. The Balaban J connectivity index is 2.27. The van der Waals surface area contributed by atoms with E-state index in [1.54, 1.807) is 0 Å². The molecule has 1 saturated carbocycles. The van der Waals surface area contributed by atoms with E-state index in [4.69, 9.17) is 11.6 Å². The molecular formula is C8H9ClN2O. The Morgan fingerprint density at radius 3 is 3.00 bits per heavy atom. The molecule has 2 rings (SSSR count). The van der Waals surface area contributed by atoms with Gasteiger partial charge in [0.2, 0.25) is 0 Å². The number of aromatic nitrogens is 2. The molecule has 4 heteroatoms. The van der Waals surface area contributed by atoms with Crippen LogP contribution in [0.4, 0.5) is 0 Å². The van der Waals surface area contributed by atoms with Crippen molar-refractivity contribution in [3.8, 4) is 0 Å². The minimum atomic E-state index is -0.0636. The second kappa shape index (κ2) is 2.90. The lowest BCUT2D eigenvalue weighted by atomic mass is 10.4. The Bertz CT molecular complexity index is 343. The summed E-state index contributed by atoms with van der Waals surface area (Å²) >= 11 is 5.65. The molecule has 0 radical (unpaired) electrons. The Labute approximate surface area is 75.0 Å². The molecule has 64 valence electrons. The van der Waals surface area contributed by atoms with E-state index in [2.05, 4.69) is 5.10 Å². The molecule has 0 unspecified atom stereocenters. The first-order chi connectivity index (χ1) is 5.75. The van der Waals surface area contributed by atoms with Crippen molar-refractivity contribution >= 4 is 11.6 Å². The minimum absolute atomic E-state index is 0.0636. The van der Waals surface area contributed by atoms with E-state index >= 15 is 0 Å². The van der Waals surface area contributed by atoms with Crippen LogP contribution in [-0.2, 0) is 6.54 Å². The first-order valence-electron chi connectivity index (χ1n) is 3.99. The highest BCUT2D eigenvalue weighted by Gasteiger charge is 2.22. The largest absolute Gasteiger partial charge is 0.268 e. The van der Waals surface area contributed by atoms with Crippen molar-refractivity contribution in [2.24, 2.45) is 5.92 Å². The maximum Gasteiger partial charge on any atom is 0.266 e. The van der Waals surface area contributed by atoms with Crippen molar-refractivity contribution in [3.63, 3.8) is 0 Å². The van der Waals surface area contributed by atoms with Crippen LogP contribution in [-0.4, -0.2) is 9.78 Å². The van der Waals surface area contributed by atoms with Gasteiger partial charge >= 0.3 is 0 Å². The molecule has 0 N–H and O–H groups in total. The van der Waals surface area contributed by atoms with Crippen molar-refractivity contribution < 1.29 is 0 Å². The predicted molar refractivity (Wildman–Crippen MR) is 46.2 cm³/mol. The molecule has 0 aromatic carbocycles. The third-order valence-corrected chi connectivity index (χ3v) is 2.16. The van der Waals surface area contributed by atoms with Crippen molar-refractivity contribution in [2.45, 2.75) is 19.4 Å². The molecule has 1 aromatic rings. The van der Waals surface area contributed by atoms with E-state index in [0.29, 0.717) is 11.1 Å². The van der Waals surface area contributed by atoms with Crippen molar-refractivity contribution in [1.29, 1.82) is 0 Å². The topological polar surface area (TPSA) is 34.9 Å². The Morgan fingerprint density at radius 1 is 1.58 bits per heavy atom. The van der Waals surface area contributed by atoms with E-state index < -0.39 is 0 Å². The normalized spacial score (nSPS) is 16.4. The highest BCUT2D eigenvalue weighted by molar-refractivity contribution is 6.29. The SMILES string of the molecule is O=c1ccc(Cl)nn1CC1CC1. The third kappa shape index (κ3) is 1.67. The number of hydrogen-bond acceptors (Lipinski definition) is 2. The number of rotatable bonds is 2. The molecule has 1 aliphatic rings. The van der Waals surface area contributed by atoms with E-state index in [-0.39, 0.29) is 5.56 Å². The molecule has 0 aliphatic heterocycles. The first-order valence-corrected chi connectivity index (χ1v) is 4.37. The van der Waals surface area contributed by atoms with Gasteiger partial charge in [-0.1, -0.05) is 11.6 Å². The maximum absolute atomic E-state index is 11.2. The van der Waals surface area contributed by atoms with E-state index in [1.165, 1.54) is 29.7 Å². The summed E-state index contributed by atoms with van der Waals surface area (Å²) in [5.74, 6) is 0.647. The number of hydrogen-bond donors (Lipinski definition) is 0. The Kier molecular flexibility index (Phi) is 1.89. The summed E-state index contributed by atoms with van der Waals surface area (Å²) in [5.41, 5.74) is -0.0636. The molecule has 1 fully saturated rings. The van der Waals surface area contributed by atoms with Crippen LogP contribution in [0.2, 0.25) is 5.15 Å². The molecule has 0 amide bonds. The van der Waals surface area contributed by atoms with Crippen molar-refractivity contribution in [1.82, 2.24) is 9.78 Å². The molecule has 3 nitrogen and oxygen atoms in total. The number of halogens is 1.